The molecule has 0 heteroatoms. The number of unbranched alkanes of at least 4 members (excludes halogenated alkanes) is 5. The molecule has 0 heterocycles. The summed E-state index contributed by atoms with van der Waals surface area (Å²) in [6, 6.07) is 0. The van der Waals surface area contributed by atoms with E-state index in [1.54, 1.807) is 5.57 Å². The largest absolute Gasteiger partial charge is 0.0853 e. The maximum atomic E-state index is 3.85. The molecule has 1 rings (SSSR count). The first-order valence-electron chi connectivity index (χ1n) is 5.90. The summed E-state index contributed by atoms with van der Waals surface area (Å²) in [5.41, 5.74) is 1.73. The van der Waals surface area contributed by atoms with Gasteiger partial charge in [0.1, 0.15) is 0 Å². The van der Waals surface area contributed by atoms with Gasteiger partial charge in [-0.2, -0.15) is 0 Å². The fourth-order valence-electron chi connectivity index (χ4n) is 2.01. The topological polar surface area (TPSA) is 0 Å². The highest BCUT2D eigenvalue weighted by atomic mass is 14.1. The second-order valence-electron chi connectivity index (χ2n) is 4.13. The van der Waals surface area contributed by atoms with Crippen LogP contribution in [0, 0.1) is 6.92 Å². The monoisotopic (exact) mass is 179 g/mol. The van der Waals surface area contributed by atoms with Crippen LogP contribution in [0.4, 0.5) is 0 Å². The van der Waals surface area contributed by atoms with Crippen molar-refractivity contribution in [2.75, 3.05) is 0 Å². The summed E-state index contributed by atoms with van der Waals surface area (Å²) in [5.74, 6) is 0. The zero-order chi connectivity index (χ0) is 9.36. The molecule has 1 saturated carbocycles. The van der Waals surface area contributed by atoms with E-state index in [0.717, 1.165) is 6.42 Å². The fourth-order valence-corrected chi connectivity index (χ4v) is 2.01. The maximum absolute atomic E-state index is 3.85. The minimum atomic E-state index is 1.11. The summed E-state index contributed by atoms with van der Waals surface area (Å²) in [6.45, 7) is 3.85. The first-order valence-corrected chi connectivity index (χ1v) is 5.90. The van der Waals surface area contributed by atoms with Crippen molar-refractivity contribution >= 4 is 0 Å². The highest BCUT2D eigenvalue weighted by Gasteiger charge is 2.04. The van der Waals surface area contributed by atoms with Gasteiger partial charge in [-0.15, -0.1) is 0 Å². The van der Waals surface area contributed by atoms with Gasteiger partial charge in [0.15, 0.2) is 0 Å². The molecule has 0 spiro atoms. The Morgan fingerprint density at radius 2 is 1.69 bits per heavy atom. The fraction of sp³-hybridized carbons (Fsp3) is 0.769. The molecule has 0 aromatic heterocycles. The van der Waals surface area contributed by atoms with Gasteiger partial charge in [0.2, 0.25) is 0 Å². The third-order valence-electron chi connectivity index (χ3n) is 2.88. The van der Waals surface area contributed by atoms with Crippen LogP contribution in [-0.4, -0.2) is 0 Å². The molecule has 1 aliphatic carbocycles. The van der Waals surface area contributed by atoms with Gasteiger partial charge < -0.3 is 0 Å². The zero-order valence-corrected chi connectivity index (χ0v) is 8.86. The molecule has 0 atom stereocenters. The van der Waals surface area contributed by atoms with Crippen molar-refractivity contribution in [1.29, 1.82) is 0 Å². The molecule has 0 N–H and O–H groups in total. The molecular formula is C13H23. The van der Waals surface area contributed by atoms with E-state index in [4.69, 9.17) is 0 Å². The van der Waals surface area contributed by atoms with Crippen molar-refractivity contribution in [2.45, 2.75) is 64.2 Å². The number of allylic oxidation sites excluding steroid dienone is 2. The Kier molecular flexibility index (Phi) is 5.97. The van der Waals surface area contributed by atoms with Crippen molar-refractivity contribution < 1.29 is 0 Å². The molecule has 0 unspecified atom stereocenters. The Morgan fingerprint density at radius 1 is 1.00 bits per heavy atom. The maximum Gasteiger partial charge on any atom is -0.0320 e. The van der Waals surface area contributed by atoms with Crippen molar-refractivity contribution in [1.82, 2.24) is 0 Å². The van der Waals surface area contributed by atoms with Gasteiger partial charge in [-0.1, -0.05) is 44.3 Å². The molecular weight excluding hydrogens is 156 g/mol. The van der Waals surface area contributed by atoms with Crippen LogP contribution < -0.4 is 0 Å². The Balaban J connectivity index is 1.91. The van der Waals surface area contributed by atoms with Crippen LogP contribution in [-0.2, 0) is 0 Å². The smallest absolute Gasteiger partial charge is 0.0320 e. The molecule has 75 valence electrons. The Labute approximate surface area is 83.4 Å². The Bertz CT molecular complexity index is 136. The highest BCUT2D eigenvalue weighted by molar-refractivity contribution is 5.05. The molecule has 1 fully saturated rings. The van der Waals surface area contributed by atoms with Crippen molar-refractivity contribution in [2.24, 2.45) is 0 Å². The van der Waals surface area contributed by atoms with E-state index in [1.165, 1.54) is 57.8 Å². The SMILES string of the molecule is [CH2]CCCCCCC=C1CCCC1. The summed E-state index contributed by atoms with van der Waals surface area (Å²) in [7, 11) is 0. The molecule has 0 amide bonds. The van der Waals surface area contributed by atoms with E-state index in [-0.39, 0.29) is 0 Å². The third kappa shape index (κ3) is 5.13. The normalized spacial score (nSPS) is 16.5. The average molecular weight is 179 g/mol. The van der Waals surface area contributed by atoms with Gasteiger partial charge in [-0.25, -0.2) is 0 Å². The molecule has 0 aromatic carbocycles. The van der Waals surface area contributed by atoms with Gasteiger partial charge in [0, 0.05) is 0 Å². The quantitative estimate of drug-likeness (QED) is 0.411. The van der Waals surface area contributed by atoms with Crippen molar-refractivity contribution in [3.63, 3.8) is 0 Å². The van der Waals surface area contributed by atoms with Gasteiger partial charge in [0.25, 0.3) is 0 Å². The summed E-state index contributed by atoms with van der Waals surface area (Å²) in [6.07, 6.45) is 16.1. The van der Waals surface area contributed by atoms with Crippen LogP contribution in [0.5, 0.6) is 0 Å². The van der Waals surface area contributed by atoms with Gasteiger partial charge >= 0.3 is 0 Å². The van der Waals surface area contributed by atoms with E-state index >= 15 is 0 Å². The summed E-state index contributed by atoms with van der Waals surface area (Å²) < 4.78 is 0. The van der Waals surface area contributed by atoms with E-state index in [9.17, 15) is 0 Å². The lowest BCUT2D eigenvalue weighted by atomic mass is 10.1. The van der Waals surface area contributed by atoms with Crippen LogP contribution in [0.15, 0.2) is 11.6 Å². The molecule has 0 aliphatic heterocycles. The molecule has 0 nitrogen and oxygen atoms in total. The first kappa shape index (κ1) is 10.8. The van der Waals surface area contributed by atoms with Crippen LogP contribution in [0.2, 0.25) is 0 Å². The summed E-state index contributed by atoms with van der Waals surface area (Å²) >= 11 is 0. The second-order valence-corrected chi connectivity index (χ2v) is 4.13. The van der Waals surface area contributed by atoms with E-state index in [2.05, 4.69) is 13.0 Å². The Morgan fingerprint density at radius 3 is 2.38 bits per heavy atom. The number of hydrogen-bond donors (Lipinski definition) is 0. The minimum Gasteiger partial charge on any atom is -0.0853 e. The van der Waals surface area contributed by atoms with Crippen LogP contribution in [0.1, 0.15) is 64.2 Å². The second kappa shape index (κ2) is 7.17. The van der Waals surface area contributed by atoms with Gasteiger partial charge in [0.05, 0.1) is 0 Å². The van der Waals surface area contributed by atoms with Gasteiger partial charge in [-0.3, -0.25) is 0 Å². The van der Waals surface area contributed by atoms with E-state index in [1.807, 2.05) is 0 Å². The van der Waals surface area contributed by atoms with Crippen LogP contribution in [0.3, 0.4) is 0 Å². The third-order valence-corrected chi connectivity index (χ3v) is 2.88. The lowest BCUT2D eigenvalue weighted by Gasteiger charge is -1.98. The number of hydrogen-bond acceptors (Lipinski definition) is 0. The molecule has 13 heavy (non-hydrogen) atoms. The molecule has 1 aliphatic rings. The lowest BCUT2D eigenvalue weighted by molar-refractivity contribution is 0.650. The van der Waals surface area contributed by atoms with E-state index in [0.29, 0.717) is 0 Å². The molecule has 0 aromatic rings. The van der Waals surface area contributed by atoms with Crippen LogP contribution >= 0.6 is 0 Å². The van der Waals surface area contributed by atoms with E-state index < -0.39 is 0 Å². The highest BCUT2D eigenvalue weighted by Crippen LogP contribution is 2.24. The van der Waals surface area contributed by atoms with Crippen molar-refractivity contribution in [3.05, 3.63) is 18.6 Å². The van der Waals surface area contributed by atoms with Crippen molar-refractivity contribution in [3.8, 4) is 0 Å². The zero-order valence-electron chi connectivity index (χ0n) is 8.86. The standard InChI is InChI=1S/C13H23/c1-2-3-4-5-6-7-10-13-11-8-9-12-13/h10H,1-9,11-12H2. The van der Waals surface area contributed by atoms with Crippen LogP contribution in [0.25, 0.3) is 0 Å². The first-order chi connectivity index (χ1) is 6.43. The lowest BCUT2D eigenvalue weighted by Crippen LogP contribution is -1.78. The van der Waals surface area contributed by atoms with Gasteiger partial charge in [-0.05, 0) is 38.5 Å². The predicted molar refractivity (Wildman–Crippen MR) is 59.6 cm³/mol. The predicted octanol–water partition coefficient (Wildman–Crippen LogP) is 4.66. The summed E-state index contributed by atoms with van der Waals surface area (Å²) in [5, 5.41) is 0. The summed E-state index contributed by atoms with van der Waals surface area (Å²) in [4.78, 5) is 0. The average Bonchev–Trinajstić information content (AvgIpc) is 2.63. The minimum absolute atomic E-state index is 1.11. The Hall–Kier alpha value is -0.260. The molecule has 0 saturated heterocycles. The molecule has 1 radical (unpaired) electrons. The number of rotatable bonds is 6. The molecule has 0 bridgehead atoms.